The molecule has 0 radical (unpaired) electrons. The summed E-state index contributed by atoms with van der Waals surface area (Å²) in [4.78, 5) is 11.0. The van der Waals surface area contributed by atoms with Gasteiger partial charge in [-0.2, -0.15) is 0 Å². The molecule has 0 saturated heterocycles. The molecule has 0 aromatic heterocycles. The fraction of sp³-hybridized carbons (Fsp3) is 0.300. The monoisotopic (exact) mass is 196 g/mol. The number of fused-ring (bicyclic) bond motifs is 1. The van der Waals surface area contributed by atoms with Gasteiger partial charge in [-0.1, -0.05) is 11.6 Å². The molecular weight excluding hydrogens is 188 g/mol. The van der Waals surface area contributed by atoms with Crippen LogP contribution < -0.4 is 4.74 Å². The molecule has 0 amide bonds. The van der Waals surface area contributed by atoms with Gasteiger partial charge in [-0.25, -0.2) is 0 Å². The van der Waals surface area contributed by atoms with Crippen LogP contribution in [0.15, 0.2) is 12.1 Å². The maximum Gasteiger partial charge on any atom is 0.311 e. The van der Waals surface area contributed by atoms with E-state index in [-0.39, 0.29) is 5.97 Å². The first-order chi connectivity index (χ1) is 6.16. The molecule has 0 spiro atoms. The number of carbonyl (C=O) groups excluding carboxylic acids is 1. The van der Waals surface area contributed by atoms with Crippen molar-refractivity contribution in [1.29, 1.82) is 0 Å². The van der Waals surface area contributed by atoms with Gasteiger partial charge in [-0.05, 0) is 36.6 Å². The molecule has 1 heterocycles. The minimum Gasteiger partial charge on any atom is -0.426 e. The lowest BCUT2D eigenvalue weighted by Crippen LogP contribution is -2.16. The summed E-state index contributed by atoms with van der Waals surface area (Å²) in [6.45, 7) is 1.89. The molecule has 3 heteroatoms. The Bertz CT molecular complexity index is 371. The van der Waals surface area contributed by atoms with E-state index in [0.29, 0.717) is 17.2 Å². The van der Waals surface area contributed by atoms with Crippen LogP contribution in [0.3, 0.4) is 0 Å². The van der Waals surface area contributed by atoms with Crippen molar-refractivity contribution in [2.24, 2.45) is 0 Å². The molecule has 2 nitrogen and oxygen atoms in total. The van der Waals surface area contributed by atoms with Crippen molar-refractivity contribution in [3.05, 3.63) is 28.3 Å². The number of esters is 1. The first kappa shape index (κ1) is 8.57. The van der Waals surface area contributed by atoms with Crippen LogP contribution in [0.2, 0.25) is 5.02 Å². The fourth-order valence-corrected chi connectivity index (χ4v) is 1.83. The number of hydrogen-bond acceptors (Lipinski definition) is 2. The van der Waals surface area contributed by atoms with Gasteiger partial charge in [-0.3, -0.25) is 4.79 Å². The van der Waals surface area contributed by atoms with Gasteiger partial charge < -0.3 is 4.74 Å². The Morgan fingerprint density at radius 3 is 2.92 bits per heavy atom. The zero-order valence-electron chi connectivity index (χ0n) is 7.26. The zero-order valence-corrected chi connectivity index (χ0v) is 8.02. The highest BCUT2D eigenvalue weighted by molar-refractivity contribution is 6.30. The van der Waals surface area contributed by atoms with Crippen LogP contribution in [0, 0.1) is 6.92 Å². The maximum atomic E-state index is 11.0. The Morgan fingerprint density at radius 1 is 1.38 bits per heavy atom. The summed E-state index contributed by atoms with van der Waals surface area (Å²) in [6, 6.07) is 3.66. The van der Waals surface area contributed by atoms with Gasteiger partial charge in [0.25, 0.3) is 0 Å². The highest BCUT2D eigenvalue weighted by Crippen LogP contribution is 2.31. The second kappa shape index (κ2) is 3.04. The van der Waals surface area contributed by atoms with Crippen LogP contribution in [0.1, 0.15) is 17.5 Å². The summed E-state index contributed by atoms with van der Waals surface area (Å²) in [5, 5.41) is 0.703. The number of halogens is 1. The summed E-state index contributed by atoms with van der Waals surface area (Å²) in [5.74, 6) is 0.540. The van der Waals surface area contributed by atoms with Crippen LogP contribution in [-0.4, -0.2) is 5.97 Å². The third-order valence-corrected chi connectivity index (χ3v) is 2.35. The summed E-state index contributed by atoms with van der Waals surface area (Å²) in [6.07, 6.45) is 1.18. The first-order valence-electron chi connectivity index (χ1n) is 4.16. The minimum absolute atomic E-state index is 0.155. The molecule has 0 atom stereocenters. The molecular formula is C10H9ClO2. The van der Waals surface area contributed by atoms with Crippen molar-refractivity contribution in [3.63, 3.8) is 0 Å². The van der Waals surface area contributed by atoms with Crippen LogP contribution in [0.4, 0.5) is 0 Å². The van der Waals surface area contributed by atoms with E-state index >= 15 is 0 Å². The van der Waals surface area contributed by atoms with E-state index in [1.807, 2.05) is 13.0 Å². The smallest absolute Gasteiger partial charge is 0.311 e. The molecule has 0 N–H and O–H groups in total. The Balaban J connectivity index is 2.53. The van der Waals surface area contributed by atoms with E-state index in [2.05, 4.69) is 0 Å². The molecule has 1 aromatic carbocycles. The Labute approximate surface area is 81.5 Å². The third-order valence-electron chi connectivity index (χ3n) is 2.13. The van der Waals surface area contributed by atoms with Gasteiger partial charge in [0.05, 0.1) is 6.42 Å². The molecule has 0 unspecified atom stereocenters. The molecule has 1 aromatic rings. The second-order valence-corrected chi connectivity index (χ2v) is 3.62. The standard InChI is InChI=1S/C10H9ClO2/c1-6-4-8(11)5-7-2-3-9(12)13-10(6)7/h4-5H,2-3H2,1H3. The highest BCUT2D eigenvalue weighted by atomic mass is 35.5. The quantitative estimate of drug-likeness (QED) is 0.471. The summed E-state index contributed by atoms with van der Waals surface area (Å²) >= 11 is 5.88. The highest BCUT2D eigenvalue weighted by Gasteiger charge is 2.19. The van der Waals surface area contributed by atoms with Crippen molar-refractivity contribution in [2.45, 2.75) is 19.8 Å². The van der Waals surface area contributed by atoms with E-state index in [1.54, 1.807) is 6.07 Å². The van der Waals surface area contributed by atoms with Crippen LogP contribution in [-0.2, 0) is 11.2 Å². The second-order valence-electron chi connectivity index (χ2n) is 3.19. The molecule has 2 rings (SSSR count). The average Bonchev–Trinajstić information content (AvgIpc) is 2.06. The Kier molecular flexibility index (Phi) is 2.00. The van der Waals surface area contributed by atoms with E-state index in [0.717, 1.165) is 17.5 Å². The average molecular weight is 197 g/mol. The Morgan fingerprint density at radius 2 is 2.15 bits per heavy atom. The number of rotatable bonds is 0. The van der Waals surface area contributed by atoms with Gasteiger partial charge in [0.1, 0.15) is 5.75 Å². The lowest BCUT2D eigenvalue weighted by molar-refractivity contribution is -0.135. The van der Waals surface area contributed by atoms with E-state index in [1.165, 1.54) is 0 Å². The normalized spacial score (nSPS) is 15.1. The van der Waals surface area contributed by atoms with Crippen LogP contribution >= 0.6 is 11.6 Å². The van der Waals surface area contributed by atoms with Crippen LogP contribution in [0.5, 0.6) is 5.75 Å². The van der Waals surface area contributed by atoms with E-state index in [9.17, 15) is 4.79 Å². The van der Waals surface area contributed by atoms with Crippen molar-refractivity contribution < 1.29 is 9.53 Å². The lowest BCUT2D eigenvalue weighted by atomic mass is 10.0. The minimum atomic E-state index is -0.155. The largest absolute Gasteiger partial charge is 0.426 e. The summed E-state index contributed by atoms with van der Waals surface area (Å²) in [5.41, 5.74) is 1.96. The number of ether oxygens (including phenoxy) is 1. The van der Waals surface area contributed by atoms with Gasteiger partial charge in [0, 0.05) is 5.02 Å². The molecule has 1 aliphatic rings. The number of benzene rings is 1. The first-order valence-corrected chi connectivity index (χ1v) is 4.54. The van der Waals surface area contributed by atoms with Crippen molar-refractivity contribution in [1.82, 2.24) is 0 Å². The van der Waals surface area contributed by atoms with Gasteiger partial charge in [0.15, 0.2) is 0 Å². The zero-order chi connectivity index (χ0) is 9.42. The Hall–Kier alpha value is -1.02. The van der Waals surface area contributed by atoms with Crippen molar-refractivity contribution >= 4 is 17.6 Å². The third kappa shape index (κ3) is 1.54. The molecule has 0 saturated carbocycles. The number of carbonyl (C=O) groups is 1. The maximum absolute atomic E-state index is 11.0. The molecule has 13 heavy (non-hydrogen) atoms. The predicted octanol–water partition coefficient (Wildman–Crippen LogP) is 2.50. The molecule has 68 valence electrons. The molecule has 0 fully saturated rings. The van der Waals surface area contributed by atoms with Crippen molar-refractivity contribution in [2.75, 3.05) is 0 Å². The van der Waals surface area contributed by atoms with Crippen molar-refractivity contribution in [3.8, 4) is 5.75 Å². The molecule has 0 aliphatic carbocycles. The fourth-order valence-electron chi connectivity index (χ4n) is 1.53. The SMILES string of the molecule is Cc1cc(Cl)cc2c1OC(=O)CC2. The lowest BCUT2D eigenvalue weighted by Gasteiger charge is -2.17. The van der Waals surface area contributed by atoms with Gasteiger partial charge in [-0.15, -0.1) is 0 Å². The summed E-state index contributed by atoms with van der Waals surface area (Å²) < 4.78 is 5.12. The number of hydrogen-bond donors (Lipinski definition) is 0. The van der Waals surface area contributed by atoms with E-state index in [4.69, 9.17) is 16.3 Å². The van der Waals surface area contributed by atoms with E-state index < -0.39 is 0 Å². The van der Waals surface area contributed by atoms with Crippen LogP contribution in [0.25, 0.3) is 0 Å². The number of aryl methyl sites for hydroxylation is 2. The topological polar surface area (TPSA) is 26.3 Å². The van der Waals surface area contributed by atoms with Gasteiger partial charge >= 0.3 is 5.97 Å². The van der Waals surface area contributed by atoms with Gasteiger partial charge in [0.2, 0.25) is 0 Å². The summed E-state index contributed by atoms with van der Waals surface area (Å²) in [7, 11) is 0. The molecule has 1 aliphatic heterocycles. The molecule has 0 bridgehead atoms. The predicted molar refractivity (Wildman–Crippen MR) is 50.1 cm³/mol.